The minimum absolute atomic E-state index is 0.0198. The summed E-state index contributed by atoms with van der Waals surface area (Å²) in [4.78, 5) is 4.12. The molecule has 0 spiro atoms. The van der Waals surface area contributed by atoms with E-state index in [2.05, 4.69) is 10.1 Å². The highest BCUT2D eigenvalue weighted by Crippen LogP contribution is 2.32. The van der Waals surface area contributed by atoms with E-state index in [0.717, 1.165) is 10.7 Å². The van der Waals surface area contributed by atoms with Gasteiger partial charge in [0, 0.05) is 18.8 Å². The lowest BCUT2D eigenvalue weighted by Crippen LogP contribution is -2.10. The summed E-state index contributed by atoms with van der Waals surface area (Å²) in [6.07, 6.45) is 1.49. The van der Waals surface area contributed by atoms with Crippen molar-refractivity contribution in [3.8, 4) is 0 Å². The summed E-state index contributed by atoms with van der Waals surface area (Å²) in [6.45, 7) is 0.418. The third-order valence-corrected chi connectivity index (χ3v) is 3.68. The second-order valence-electron chi connectivity index (χ2n) is 3.56. The van der Waals surface area contributed by atoms with Crippen LogP contribution in [0.25, 0.3) is 0 Å². The number of aryl methyl sites for hydroxylation is 1. The van der Waals surface area contributed by atoms with Crippen molar-refractivity contribution < 1.29 is 4.39 Å². The third-order valence-electron chi connectivity index (χ3n) is 2.35. The molecule has 0 aliphatic heterocycles. The lowest BCUT2D eigenvalue weighted by Gasteiger charge is -2.13. The molecule has 1 aromatic carbocycles. The van der Waals surface area contributed by atoms with Crippen LogP contribution in [0.4, 0.5) is 4.39 Å². The third kappa shape index (κ3) is 2.83. The summed E-state index contributed by atoms with van der Waals surface area (Å²) < 4.78 is 14.8. The number of hydrogen-bond acceptors (Lipinski definition) is 4. The number of halogens is 1. The van der Waals surface area contributed by atoms with Crippen molar-refractivity contribution >= 4 is 11.8 Å². The number of hydrogen-bond donors (Lipinski definition) is 1. The van der Waals surface area contributed by atoms with Crippen LogP contribution in [0.15, 0.2) is 35.7 Å². The zero-order valence-electron chi connectivity index (χ0n) is 9.38. The highest BCUT2D eigenvalue weighted by molar-refractivity contribution is 7.99. The molecule has 2 rings (SSSR count). The summed E-state index contributed by atoms with van der Waals surface area (Å²) in [7, 11) is 1.81. The Hall–Kier alpha value is -1.40. The lowest BCUT2D eigenvalue weighted by molar-refractivity contribution is 0.625. The largest absolute Gasteiger partial charge is 0.329 e. The summed E-state index contributed by atoms with van der Waals surface area (Å²) in [5.41, 5.74) is 6.58. The molecule has 0 radical (unpaired) electrons. The van der Waals surface area contributed by atoms with Gasteiger partial charge in [0.15, 0.2) is 5.16 Å². The van der Waals surface area contributed by atoms with Crippen LogP contribution in [0.3, 0.4) is 0 Å². The van der Waals surface area contributed by atoms with Gasteiger partial charge in [-0.25, -0.2) is 14.1 Å². The van der Waals surface area contributed by atoms with Crippen molar-refractivity contribution in [3.63, 3.8) is 0 Å². The number of rotatable bonds is 4. The maximum Gasteiger partial charge on any atom is 0.186 e. The molecule has 1 unspecified atom stereocenters. The predicted molar refractivity (Wildman–Crippen MR) is 65.1 cm³/mol. The Bertz CT molecular complexity index is 500. The molecule has 17 heavy (non-hydrogen) atoms. The highest BCUT2D eigenvalue weighted by atomic mass is 32.2. The van der Waals surface area contributed by atoms with Gasteiger partial charge in [-0.2, -0.15) is 5.10 Å². The number of benzene rings is 1. The second-order valence-corrected chi connectivity index (χ2v) is 4.73. The first kappa shape index (κ1) is 12.1. The molecule has 2 N–H and O–H groups in total. The van der Waals surface area contributed by atoms with Gasteiger partial charge in [-0.3, -0.25) is 0 Å². The van der Waals surface area contributed by atoms with Crippen LogP contribution in [0.1, 0.15) is 10.8 Å². The molecule has 0 aliphatic carbocycles. The fourth-order valence-corrected chi connectivity index (χ4v) is 2.42. The molecule has 90 valence electrons. The first-order valence-corrected chi connectivity index (χ1v) is 6.05. The van der Waals surface area contributed by atoms with E-state index in [1.807, 2.05) is 13.1 Å². The van der Waals surface area contributed by atoms with Crippen molar-refractivity contribution in [2.75, 3.05) is 6.54 Å². The molecule has 4 nitrogen and oxygen atoms in total. The zero-order valence-corrected chi connectivity index (χ0v) is 10.2. The summed E-state index contributed by atoms with van der Waals surface area (Å²) >= 11 is 1.48. The first-order chi connectivity index (χ1) is 8.20. The zero-order chi connectivity index (χ0) is 12.3. The van der Waals surface area contributed by atoms with E-state index in [1.165, 1.54) is 30.2 Å². The van der Waals surface area contributed by atoms with Crippen molar-refractivity contribution in [2.45, 2.75) is 10.4 Å². The molecule has 0 bridgehead atoms. The van der Waals surface area contributed by atoms with Crippen LogP contribution < -0.4 is 5.73 Å². The molecule has 0 fully saturated rings. The number of nitrogens with two attached hydrogens (primary N) is 1. The number of nitrogens with zero attached hydrogens (tertiary/aromatic N) is 3. The number of thioether (sulfide) groups is 1. The second kappa shape index (κ2) is 5.29. The van der Waals surface area contributed by atoms with Gasteiger partial charge < -0.3 is 5.73 Å². The molecule has 1 heterocycles. The van der Waals surface area contributed by atoms with E-state index in [-0.39, 0.29) is 11.1 Å². The Labute approximate surface area is 103 Å². The van der Waals surface area contributed by atoms with Gasteiger partial charge in [0.2, 0.25) is 0 Å². The molecule has 1 atom stereocenters. The molecule has 2 aromatic rings. The van der Waals surface area contributed by atoms with Crippen LogP contribution in [-0.4, -0.2) is 21.3 Å². The molecular weight excluding hydrogens is 239 g/mol. The van der Waals surface area contributed by atoms with E-state index in [0.29, 0.717) is 6.54 Å². The minimum Gasteiger partial charge on any atom is -0.329 e. The fraction of sp³-hybridized carbons (Fsp3) is 0.273. The Morgan fingerprint density at radius 2 is 2.35 bits per heavy atom. The number of aromatic nitrogens is 3. The highest BCUT2D eigenvalue weighted by Gasteiger charge is 2.14. The van der Waals surface area contributed by atoms with Gasteiger partial charge in [-0.15, -0.1) is 0 Å². The van der Waals surface area contributed by atoms with Crippen LogP contribution in [0.5, 0.6) is 0 Å². The van der Waals surface area contributed by atoms with Gasteiger partial charge in [0.05, 0.1) is 0 Å². The van der Waals surface area contributed by atoms with E-state index in [1.54, 1.807) is 10.7 Å². The maximum atomic E-state index is 13.1. The standard InChI is InChI=1S/C11H13FN4S/c1-16-11(14-7-15-16)17-10(6-13)8-3-2-4-9(12)5-8/h2-5,7,10H,6,13H2,1H3. The van der Waals surface area contributed by atoms with Gasteiger partial charge >= 0.3 is 0 Å². The van der Waals surface area contributed by atoms with Crippen LogP contribution in [0, 0.1) is 5.82 Å². The average Bonchev–Trinajstić information content (AvgIpc) is 2.71. The van der Waals surface area contributed by atoms with Crippen LogP contribution >= 0.6 is 11.8 Å². The van der Waals surface area contributed by atoms with E-state index >= 15 is 0 Å². The molecule has 1 aromatic heterocycles. The fourth-order valence-electron chi connectivity index (χ4n) is 1.48. The van der Waals surface area contributed by atoms with Gasteiger partial charge in [0.25, 0.3) is 0 Å². The Morgan fingerprint density at radius 1 is 1.53 bits per heavy atom. The van der Waals surface area contributed by atoms with Crippen molar-refractivity contribution in [3.05, 3.63) is 42.0 Å². The van der Waals surface area contributed by atoms with Crippen LogP contribution in [-0.2, 0) is 7.05 Å². The maximum absolute atomic E-state index is 13.1. The topological polar surface area (TPSA) is 56.7 Å². The van der Waals surface area contributed by atoms with E-state index < -0.39 is 0 Å². The quantitative estimate of drug-likeness (QED) is 0.842. The van der Waals surface area contributed by atoms with Crippen molar-refractivity contribution in [1.29, 1.82) is 0 Å². The van der Waals surface area contributed by atoms with Gasteiger partial charge in [0.1, 0.15) is 12.1 Å². The average molecular weight is 252 g/mol. The van der Waals surface area contributed by atoms with E-state index in [4.69, 9.17) is 5.73 Å². The molecule has 0 amide bonds. The summed E-state index contributed by atoms with van der Waals surface area (Å²) in [5.74, 6) is -0.250. The normalized spacial score (nSPS) is 12.6. The Balaban J connectivity index is 2.20. The Morgan fingerprint density at radius 3 is 2.94 bits per heavy atom. The van der Waals surface area contributed by atoms with Gasteiger partial charge in [-0.1, -0.05) is 23.9 Å². The minimum atomic E-state index is -0.250. The van der Waals surface area contributed by atoms with Crippen molar-refractivity contribution in [2.24, 2.45) is 12.8 Å². The monoisotopic (exact) mass is 252 g/mol. The lowest BCUT2D eigenvalue weighted by atomic mass is 10.1. The van der Waals surface area contributed by atoms with Gasteiger partial charge in [-0.05, 0) is 17.7 Å². The summed E-state index contributed by atoms with van der Waals surface area (Å²) in [6, 6.07) is 6.47. The van der Waals surface area contributed by atoms with E-state index in [9.17, 15) is 4.39 Å². The smallest absolute Gasteiger partial charge is 0.186 e. The molecule has 6 heteroatoms. The van der Waals surface area contributed by atoms with Crippen LogP contribution in [0.2, 0.25) is 0 Å². The molecule has 0 saturated carbocycles. The van der Waals surface area contributed by atoms with Crippen molar-refractivity contribution in [1.82, 2.24) is 14.8 Å². The summed E-state index contributed by atoms with van der Waals surface area (Å²) in [5, 5.41) is 4.73. The SMILES string of the molecule is Cn1ncnc1SC(CN)c1cccc(F)c1. The Kier molecular flexibility index (Phi) is 3.75. The molecule has 0 saturated heterocycles. The first-order valence-electron chi connectivity index (χ1n) is 5.17. The predicted octanol–water partition coefficient (Wildman–Crippen LogP) is 1.75. The molecular formula is C11H13FN4S. The molecule has 0 aliphatic rings.